The first-order valence-electron chi connectivity index (χ1n) is 5.52. The van der Waals surface area contributed by atoms with Gasteiger partial charge in [0.15, 0.2) is 0 Å². The molecular formula is C11H15BrN2O2. The number of nitrogens with zero attached hydrogens (tertiary/aromatic N) is 2. The number of imidazole rings is 1. The molecule has 0 spiro atoms. The Bertz CT molecular complexity index is 414. The molecule has 0 bridgehead atoms. The van der Waals surface area contributed by atoms with Crippen LogP contribution in [0.5, 0.6) is 0 Å². The topological polar surface area (TPSA) is 44.1 Å². The lowest BCUT2D eigenvalue weighted by Crippen LogP contribution is -2.27. The molecule has 1 aromatic rings. The van der Waals surface area contributed by atoms with Crippen molar-refractivity contribution in [3.8, 4) is 0 Å². The van der Waals surface area contributed by atoms with Gasteiger partial charge in [-0.3, -0.25) is 0 Å². The summed E-state index contributed by atoms with van der Waals surface area (Å²) in [6, 6.07) is -0.192. The number of carbonyl (C=O) groups excluding carboxylic acids is 1. The molecule has 0 fully saturated rings. The summed E-state index contributed by atoms with van der Waals surface area (Å²) >= 11 is 3.46. The largest absolute Gasteiger partial charge is 0.467 e. The molecule has 0 saturated heterocycles. The van der Waals surface area contributed by atoms with E-state index in [9.17, 15) is 4.79 Å². The molecule has 0 amide bonds. The predicted octanol–water partition coefficient (Wildman–Crippen LogP) is 2.26. The van der Waals surface area contributed by atoms with Gasteiger partial charge in [0, 0.05) is 6.42 Å². The van der Waals surface area contributed by atoms with E-state index in [0.717, 1.165) is 41.8 Å². The molecule has 0 saturated carbocycles. The highest BCUT2D eigenvalue weighted by molar-refractivity contribution is 9.10. The van der Waals surface area contributed by atoms with Gasteiger partial charge in [0.25, 0.3) is 0 Å². The molecule has 0 aromatic carbocycles. The number of hydrogen-bond donors (Lipinski definition) is 0. The van der Waals surface area contributed by atoms with Gasteiger partial charge in [-0.2, -0.15) is 0 Å². The normalized spacial score (nSPS) is 19.3. The SMILES string of the molecule is CCc1nc(Br)c2n1C(C(=O)OC)CCC2. The lowest BCUT2D eigenvalue weighted by atomic mass is 10.0. The summed E-state index contributed by atoms with van der Waals surface area (Å²) in [7, 11) is 1.44. The summed E-state index contributed by atoms with van der Waals surface area (Å²) in [4.78, 5) is 16.2. The molecule has 0 radical (unpaired) electrons. The van der Waals surface area contributed by atoms with Crippen LogP contribution in [0.1, 0.15) is 37.3 Å². The molecule has 16 heavy (non-hydrogen) atoms. The third-order valence-electron chi connectivity index (χ3n) is 3.03. The highest BCUT2D eigenvalue weighted by Crippen LogP contribution is 2.32. The summed E-state index contributed by atoms with van der Waals surface area (Å²) in [5.41, 5.74) is 1.12. The van der Waals surface area contributed by atoms with Crippen molar-refractivity contribution in [1.29, 1.82) is 0 Å². The van der Waals surface area contributed by atoms with Gasteiger partial charge < -0.3 is 9.30 Å². The van der Waals surface area contributed by atoms with Crippen LogP contribution in [0.4, 0.5) is 0 Å². The lowest BCUT2D eigenvalue weighted by molar-refractivity contribution is -0.145. The van der Waals surface area contributed by atoms with Crippen LogP contribution in [-0.2, 0) is 22.4 Å². The molecule has 2 rings (SSSR count). The fourth-order valence-corrected chi connectivity index (χ4v) is 2.87. The molecule has 0 N–H and O–H groups in total. The van der Waals surface area contributed by atoms with Crippen molar-refractivity contribution in [2.24, 2.45) is 0 Å². The Kier molecular flexibility index (Phi) is 3.33. The number of ether oxygens (including phenoxy) is 1. The van der Waals surface area contributed by atoms with Crippen molar-refractivity contribution in [2.75, 3.05) is 7.11 Å². The molecule has 1 aliphatic heterocycles. The summed E-state index contributed by atoms with van der Waals surface area (Å²) < 4.78 is 7.77. The zero-order valence-electron chi connectivity index (χ0n) is 9.49. The lowest BCUT2D eigenvalue weighted by Gasteiger charge is -2.25. The highest BCUT2D eigenvalue weighted by Gasteiger charge is 2.30. The molecule has 0 aliphatic carbocycles. The second kappa shape index (κ2) is 4.57. The van der Waals surface area contributed by atoms with Crippen LogP contribution < -0.4 is 0 Å². The van der Waals surface area contributed by atoms with Crippen molar-refractivity contribution in [3.05, 3.63) is 16.1 Å². The van der Waals surface area contributed by atoms with Gasteiger partial charge in [0.2, 0.25) is 0 Å². The van der Waals surface area contributed by atoms with Crippen LogP contribution >= 0.6 is 15.9 Å². The fourth-order valence-electron chi connectivity index (χ4n) is 2.28. The summed E-state index contributed by atoms with van der Waals surface area (Å²) in [6.07, 6.45) is 3.65. The molecular weight excluding hydrogens is 272 g/mol. The number of aromatic nitrogens is 2. The third-order valence-corrected chi connectivity index (χ3v) is 3.66. The van der Waals surface area contributed by atoms with Crippen LogP contribution in [0.2, 0.25) is 0 Å². The Morgan fingerprint density at radius 3 is 3.06 bits per heavy atom. The van der Waals surface area contributed by atoms with Crippen molar-refractivity contribution >= 4 is 21.9 Å². The minimum atomic E-state index is -0.192. The third kappa shape index (κ3) is 1.77. The van der Waals surface area contributed by atoms with Crippen LogP contribution in [0, 0.1) is 0 Å². The first-order chi connectivity index (χ1) is 7.69. The van der Waals surface area contributed by atoms with Crippen LogP contribution in [0.15, 0.2) is 4.60 Å². The minimum absolute atomic E-state index is 0.166. The molecule has 1 atom stereocenters. The van der Waals surface area contributed by atoms with E-state index >= 15 is 0 Å². The van der Waals surface area contributed by atoms with Gasteiger partial charge in [0.1, 0.15) is 16.5 Å². The van der Waals surface area contributed by atoms with Gasteiger partial charge in [-0.15, -0.1) is 0 Å². The molecule has 1 aromatic heterocycles. The molecule has 5 heteroatoms. The minimum Gasteiger partial charge on any atom is -0.467 e. The highest BCUT2D eigenvalue weighted by atomic mass is 79.9. The summed E-state index contributed by atoms with van der Waals surface area (Å²) in [5, 5.41) is 0. The molecule has 4 nitrogen and oxygen atoms in total. The zero-order chi connectivity index (χ0) is 11.7. The molecule has 1 unspecified atom stereocenters. The molecule has 2 heterocycles. The molecule has 88 valence electrons. The van der Waals surface area contributed by atoms with Gasteiger partial charge in [0.05, 0.1) is 12.8 Å². The average Bonchev–Trinajstić information content (AvgIpc) is 2.65. The zero-order valence-corrected chi connectivity index (χ0v) is 11.1. The predicted molar refractivity (Wildman–Crippen MR) is 63.3 cm³/mol. The first kappa shape index (κ1) is 11.6. The average molecular weight is 287 g/mol. The standard InChI is InChI=1S/C11H15BrN2O2/c1-3-9-13-10(12)7-5-4-6-8(14(7)9)11(15)16-2/h8H,3-6H2,1-2H3. The molecule has 1 aliphatic rings. The Labute approximate surface area is 103 Å². The van der Waals surface area contributed by atoms with Crippen LogP contribution in [-0.4, -0.2) is 22.6 Å². The van der Waals surface area contributed by atoms with E-state index in [2.05, 4.69) is 20.9 Å². The quantitative estimate of drug-likeness (QED) is 0.784. The maximum absolute atomic E-state index is 11.7. The summed E-state index contributed by atoms with van der Waals surface area (Å²) in [6.45, 7) is 2.05. The second-order valence-corrected chi connectivity index (χ2v) is 4.67. The maximum Gasteiger partial charge on any atom is 0.328 e. The van der Waals surface area contributed by atoms with Crippen molar-refractivity contribution in [2.45, 2.75) is 38.6 Å². The van der Waals surface area contributed by atoms with E-state index in [1.165, 1.54) is 7.11 Å². The Hall–Kier alpha value is -0.840. The van der Waals surface area contributed by atoms with Crippen LogP contribution in [0.3, 0.4) is 0 Å². The number of aryl methyl sites for hydroxylation is 1. The van der Waals surface area contributed by atoms with E-state index in [-0.39, 0.29) is 12.0 Å². The van der Waals surface area contributed by atoms with E-state index in [0.29, 0.717) is 0 Å². The van der Waals surface area contributed by atoms with Gasteiger partial charge in [-0.25, -0.2) is 9.78 Å². The van der Waals surface area contributed by atoms with E-state index in [4.69, 9.17) is 4.74 Å². The Morgan fingerprint density at radius 1 is 1.69 bits per heavy atom. The maximum atomic E-state index is 11.7. The number of rotatable bonds is 2. The monoisotopic (exact) mass is 286 g/mol. The number of halogens is 1. The Balaban J connectivity index is 2.47. The van der Waals surface area contributed by atoms with Gasteiger partial charge in [-0.1, -0.05) is 6.92 Å². The number of methoxy groups -OCH3 is 1. The summed E-state index contributed by atoms with van der Waals surface area (Å²) in [5.74, 6) is 0.789. The second-order valence-electron chi connectivity index (χ2n) is 3.92. The fraction of sp³-hybridized carbons (Fsp3) is 0.636. The van der Waals surface area contributed by atoms with Gasteiger partial charge in [-0.05, 0) is 35.2 Å². The van der Waals surface area contributed by atoms with E-state index in [1.807, 2.05) is 11.5 Å². The number of fused-ring (bicyclic) bond motifs is 1. The number of esters is 1. The van der Waals surface area contributed by atoms with E-state index in [1.54, 1.807) is 0 Å². The first-order valence-corrected chi connectivity index (χ1v) is 6.31. The number of hydrogen-bond acceptors (Lipinski definition) is 3. The van der Waals surface area contributed by atoms with Gasteiger partial charge >= 0.3 is 5.97 Å². The smallest absolute Gasteiger partial charge is 0.328 e. The van der Waals surface area contributed by atoms with Crippen molar-refractivity contribution in [3.63, 3.8) is 0 Å². The Morgan fingerprint density at radius 2 is 2.44 bits per heavy atom. The number of carbonyl (C=O) groups is 1. The van der Waals surface area contributed by atoms with Crippen LogP contribution in [0.25, 0.3) is 0 Å². The van der Waals surface area contributed by atoms with E-state index < -0.39 is 0 Å². The van der Waals surface area contributed by atoms with Crippen molar-refractivity contribution < 1.29 is 9.53 Å². The van der Waals surface area contributed by atoms with Crippen molar-refractivity contribution in [1.82, 2.24) is 9.55 Å².